The quantitative estimate of drug-likeness (QED) is 0.445. The highest BCUT2D eigenvalue weighted by atomic mass is 31.1. The van der Waals surface area contributed by atoms with Crippen molar-refractivity contribution in [3.8, 4) is 5.75 Å². The van der Waals surface area contributed by atoms with E-state index in [1.807, 2.05) is 6.07 Å². The predicted octanol–water partition coefficient (Wildman–Crippen LogP) is 2.29. The van der Waals surface area contributed by atoms with E-state index in [0.717, 1.165) is 0 Å². The predicted molar refractivity (Wildman–Crippen MR) is 109 cm³/mol. The molecule has 3 N–H and O–H groups in total. The molecule has 3 rings (SSSR count). The standard InChI is InChI=1S/C20H27N2O7P/c1-20(2,24)28-17-11-16(13-26-30(25)29-15-8-4-3-5-9-15)27-19(17)22-10-6-7-14(12-22)18(21)23/h3-6,8-10,12,16-17,19,24,30H,7,11,13H2,1-2H3,(H2,21,23)/t16?,17?,19-/m1/s1. The van der Waals surface area contributed by atoms with Gasteiger partial charge in [0.2, 0.25) is 5.91 Å². The Balaban J connectivity index is 1.63. The maximum absolute atomic E-state index is 12.1. The lowest BCUT2D eigenvalue weighted by Gasteiger charge is -2.33. The van der Waals surface area contributed by atoms with Gasteiger partial charge in [0.05, 0.1) is 12.7 Å². The van der Waals surface area contributed by atoms with Gasteiger partial charge in [0.25, 0.3) is 0 Å². The number of carbonyl (C=O) groups excluding carboxylic acids is 1. The second kappa shape index (κ2) is 9.76. The summed E-state index contributed by atoms with van der Waals surface area (Å²) in [4.78, 5) is 13.2. The maximum Gasteiger partial charge on any atom is 0.367 e. The zero-order valence-electron chi connectivity index (χ0n) is 16.9. The van der Waals surface area contributed by atoms with Gasteiger partial charge in [-0.3, -0.25) is 9.32 Å². The van der Waals surface area contributed by atoms with Crippen molar-refractivity contribution >= 4 is 14.2 Å². The smallest absolute Gasteiger partial charge is 0.367 e. The highest BCUT2D eigenvalue weighted by Crippen LogP contribution is 2.34. The first-order chi connectivity index (χ1) is 14.2. The summed E-state index contributed by atoms with van der Waals surface area (Å²) in [6, 6.07) is 8.74. The van der Waals surface area contributed by atoms with Gasteiger partial charge in [-0.05, 0) is 32.4 Å². The molecular formula is C20H27N2O7P. The summed E-state index contributed by atoms with van der Waals surface area (Å²) < 4.78 is 34.5. The molecule has 2 aliphatic rings. The maximum atomic E-state index is 12.1. The second-order valence-corrected chi connectivity index (χ2v) is 8.51. The fourth-order valence-electron chi connectivity index (χ4n) is 3.24. The van der Waals surface area contributed by atoms with Crippen LogP contribution in [0.1, 0.15) is 26.7 Å². The highest BCUT2D eigenvalue weighted by molar-refractivity contribution is 7.33. The molecule has 1 fully saturated rings. The SMILES string of the molecule is CC(C)(O)OC1CC(CO[PH](=O)Oc2ccccc2)O[C@H]1N1C=CCC(C(N)=O)=C1. The Kier molecular flexibility index (Phi) is 7.33. The minimum absolute atomic E-state index is 0.0246. The van der Waals surface area contributed by atoms with Crippen molar-refractivity contribution in [1.82, 2.24) is 4.90 Å². The van der Waals surface area contributed by atoms with Gasteiger partial charge < -0.3 is 29.7 Å². The van der Waals surface area contributed by atoms with Crippen LogP contribution in [0.25, 0.3) is 0 Å². The summed E-state index contributed by atoms with van der Waals surface area (Å²) in [5, 5.41) is 10.1. The number of nitrogens with two attached hydrogens (primary N) is 1. The lowest BCUT2D eigenvalue weighted by atomic mass is 10.1. The molecule has 1 aromatic carbocycles. The Morgan fingerprint density at radius 3 is 2.77 bits per heavy atom. The first kappa shape index (κ1) is 22.5. The molecule has 164 valence electrons. The van der Waals surface area contributed by atoms with Crippen LogP contribution in [0.15, 0.2) is 54.4 Å². The molecule has 1 saturated heterocycles. The van der Waals surface area contributed by atoms with Crippen molar-refractivity contribution in [1.29, 1.82) is 0 Å². The zero-order valence-corrected chi connectivity index (χ0v) is 17.9. The van der Waals surface area contributed by atoms with E-state index in [0.29, 0.717) is 24.2 Å². The van der Waals surface area contributed by atoms with Crippen molar-refractivity contribution in [2.24, 2.45) is 5.73 Å². The Hall–Kier alpha value is -2.16. The molecule has 2 heterocycles. The summed E-state index contributed by atoms with van der Waals surface area (Å²) >= 11 is 0. The topological polar surface area (TPSA) is 121 Å². The molecule has 1 aromatic rings. The van der Waals surface area contributed by atoms with Crippen LogP contribution in [0.2, 0.25) is 0 Å². The molecule has 4 atom stereocenters. The van der Waals surface area contributed by atoms with Gasteiger partial charge >= 0.3 is 8.25 Å². The average molecular weight is 438 g/mol. The first-order valence-corrected chi connectivity index (χ1v) is 10.8. The number of hydrogen-bond donors (Lipinski definition) is 2. The van der Waals surface area contributed by atoms with Gasteiger partial charge in [0.1, 0.15) is 11.9 Å². The van der Waals surface area contributed by atoms with Crippen molar-refractivity contribution in [3.05, 3.63) is 54.4 Å². The Morgan fingerprint density at radius 1 is 1.37 bits per heavy atom. The molecule has 0 saturated carbocycles. The van der Waals surface area contributed by atoms with Crippen molar-refractivity contribution in [2.45, 2.75) is 50.9 Å². The van der Waals surface area contributed by atoms with Gasteiger partial charge in [0.15, 0.2) is 12.0 Å². The fourth-order valence-corrected chi connectivity index (χ4v) is 3.95. The van der Waals surface area contributed by atoms with Crippen LogP contribution < -0.4 is 10.3 Å². The van der Waals surface area contributed by atoms with Gasteiger partial charge in [-0.2, -0.15) is 0 Å². The Morgan fingerprint density at radius 2 is 2.10 bits per heavy atom. The largest absolute Gasteiger partial charge is 0.426 e. The number of hydrogen-bond acceptors (Lipinski definition) is 8. The van der Waals surface area contributed by atoms with Crippen LogP contribution in [-0.4, -0.2) is 46.7 Å². The Bertz CT molecular complexity index is 822. The summed E-state index contributed by atoms with van der Waals surface area (Å²) in [6.07, 6.45) is 4.40. The van der Waals surface area contributed by atoms with Crippen molar-refractivity contribution in [3.63, 3.8) is 0 Å². The number of allylic oxidation sites excluding steroid dienone is 1. The molecule has 0 radical (unpaired) electrons. The minimum Gasteiger partial charge on any atom is -0.426 e. The van der Waals surface area contributed by atoms with E-state index in [1.165, 1.54) is 13.8 Å². The lowest BCUT2D eigenvalue weighted by molar-refractivity contribution is -0.224. The van der Waals surface area contributed by atoms with Crippen LogP contribution in [0.4, 0.5) is 0 Å². The van der Waals surface area contributed by atoms with Crippen LogP contribution in [-0.2, 0) is 23.4 Å². The van der Waals surface area contributed by atoms with Crippen molar-refractivity contribution in [2.75, 3.05) is 6.61 Å². The normalized spacial score (nSPS) is 25.1. The highest BCUT2D eigenvalue weighted by Gasteiger charge is 2.41. The molecule has 0 bridgehead atoms. The number of carbonyl (C=O) groups is 1. The third kappa shape index (κ3) is 6.42. The van der Waals surface area contributed by atoms with Gasteiger partial charge in [-0.1, -0.05) is 24.3 Å². The second-order valence-electron chi connectivity index (χ2n) is 7.52. The van der Waals surface area contributed by atoms with Gasteiger partial charge in [-0.15, -0.1) is 0 Å². The number of rotatable bonds is 9. The van der Waals surface area contributed by atoms with Gasteiger partial charge in [-0.25, -0.2) is 4.57 Å². The van der Waals surface area contributed by atoms with E-state index >= 15 is 0 Å². The molecule has 30 heavy (non-hydrogen) atoms. The first-order valence-electron chi connectivity index (χ1n) is 9.61. The molecule has 0 aromatic heterocycles. The summed E-state index contributed by atoms with van der Waals surface area (Å²) in [6.45, 7) is 3.07. The van der Waals surface area contributed by atoms with Crippen LogP contribution in [0.5, 0.6) is 5.75 Å². The van der Waals surface area contributed by atoms with E-state index in [-0.39, 0.29) is 6.61 Å². The average Bonchev–Trinajstić information content (AvgIpc) is 3.08. The molecule has 10 heteroatoms. The van der Waals surface area contributed by atoms with E-state index in [2.05, 4.69) is 0 Å². The number of para-hydroxylation sites is 1. The number of ether oxygens (including phenoxy) is 2. The molecule has 2 aliphatic heterocycles. The summed E-state index contributed by atoms with van der Waals surface area (Å²) in [5.41, 5.74) is 5.83. The molecule has 0 aliphatic carbocycles. The number of benzene rings is 1. The molecule has 0 spiro atoms. The molecule has 1 amide bonds. The van der Waals surface area contributed by atoms with E-state index in [9.17, 15) is 14.5 Å². The minimum atomic E-state index is -2.76. The van der Waals surface area contributed by atoms with Crippen LogP contribution in [0, 0.1) is 0 Å². The Labute approximate surface area is 176 Å². The van der Waals surface area contributed by atoms with E-state index in [4.69, 9.17) is 24.3 Å². The summed E-state index contributed by atoms with van der Waals surface area (Å²) in [7, 11) is -2.76. The molecular weight excluding hydrogens is 411 g/mol. The number of aliphatic hydroxyl groups is 1. The van der Waals surface area contributed by atoms with Crippen LogP contribution in [0.3, 0.4) is 0 Å². The zero-order chi connectivity index (χ0) is 21.7. The van der Waals surface area contributed by atoms with Crippen molar-refractivity contribution < 1.29 is 33.0 Å². The lowest BCUT2D eigenvalue weighted by Crippen LogP contribution is -2.42. The fraction of sp³-hybridized carbons (Fsp3) is 0.450. The third-order valence-electron chi connectivity index (χ3n) is 4.45. The monoisotopic (exact) mass is 438 g/mol. The van der Waals surface area contributed by atoms with Crippen LogP contribution >= 0.6 is 8.25 Å². The van der Waals surface area contributed by atoms with E-state index in [1.54, 1.807) is 47.6 Å². The number of amides is 1. The van der Waals surface area contributed by atoms with Gasteiger partial charge in [0, 0.05) is 24.4 Å². The van der Waals surface area contributed by atoms with E-state index < -0.39 is 38.4 Å². The summed E-state index contributed by atoms with van der Waals surface area (Å²) in [5.74, 6) is -1.45. The third-order valence-corrected chi connectivity index (χ3v) is 5.25. The molecule has 3 unspecified atom stereocenters. The number of nitrogens with zero attached hydrogens (tertiary/aromatic N) is 1. The molecule has 9 nitrogen and oxygen atoms in total. The number of primary amides is 1.